The van der Waals surface area contributed by atoms with Gasteiger partial charge >= 0.3 is 0 Å². The lowest BCUT2D eigenvalue weighted by Crippen LogP contribution is -2.08. The molecule has 0 radical (unpaired) electrons. The van der Waals surface area contributed by atoms with Crippen molar-refractivity contribution >= 4 is 27.5 Å². The van der Waals surface area contributed by atoms with Gasteiger partial charge in [-0.05, 0) is 42.0 Å². The highest BCUT2D eigenvalue weighted by molar-refractivity contribution is 6.05. The highest BCUT2D eigenvalue weighted by Gasteiger charge is 2.07. The number of nitrogens with one attached hydrogen (secondary N) is 2. The Morgan fingerprint density at radius 1 is 1.04 bits per heavy atom. The van der Waals surface area contributed by atoms with Crippen LogP contribution in [0.25, 0.3) is 21.8 Å². The van der Waals surface area contributed by atoms with Crippen molar-refractivity contribution in [2.45, 2.75) is 6.54 Å². The Bertz CT molecular complexity index is 1190. The second-order valence-electron chi connectivity index (χ2n) is 5.74. The second-order valence-corrected chi connectivity index (χ2v) is 5.74. The van der Waals surface area contributed by atoms with E-state index in [1.54, 1.807) is 18.3 Å². The van der Waals surface area contributed by atoms with E-state index in [0.717, 1.165) is 22.0 Å². The maximum atomic E-state index is 12.2. The first kappa shape index (κ1) is 14.9. The number of fused-ring (bicyclic) bond motifs is 3. The molecule has 0 fully saturated rings. The molecule has 2 N–H and O–H groups in total. The molecule has 0 atom stereocenters. The van der Waals surface area contributed by atoms with Crippen LogP contribution in [-0.2, 0) is 6.54 Å². The average molecular weight is 326 g/mol. The van der Waals surface area contributed by atoms with Crippen LogP contribution in [0, 0.1) is 11.3 Å². The molecule has 5 heteroatoms. The van der Waals surface area contributed by atoms with Crippen LogP contribution in [0.1, 0.15) is 11.1 Å². The molecule has 2 aromatic heterocycles. The van der Waals surface area contributed by atoms with Crippen molar-refractivity contribution in [1.29, 1.82) is 5.26 Å². The minimum atomic E-state index is -0.150. The monoisotopic (exact) mass is 326 g/mol. The Hall–Kier alpha value is -3.65. The molecule has 5 nitrogen and oxygen atoms in total. The van der Waals surface area contributed by atoms with Gasteiger partial charge in [0.2, 0.25) is 0 Å². The zero-order valence-electron chi connectivity index (χ0n) is 13.3. The Labute approximate surface area is 143 Å². The number of rotatable bonds is 3. The minimum Gasteiger partial charge on any atom is -0.381 e. The van der Waals surface area contributed by atoms with Gasteiger partial charge in [0.25, 0.3) is 5.56 Å². The van der Waals surface area contributed by atoms with Gasteiger partial charge in [-0.2, -0.15) is 5.26 Å². The fourth-order valence-electron chi connectivity index (χ4n) is 2.95. The molecular formula is C20H14N4O. The van der Waals surface area contributed by atoms with E-state index in [-0.39, 0.29) is 5.56 Å². The molecule has 0 amide bonds. The summed E-state index contributed by atoms with van der Waals surface area (Å²) in [5.74, 6) is 0. The third-order valence-corrected chi connectivity index (χ3v) is 4.21. The molecule has 0 saturated heterocycles. The first-order valence-corrected chi connectivity index (χ1v) is 7.89. The van der Waals surface area contributed by atoms with Crippen LogP contribution in [0.3, 0.4) is 0 Å². The lowest BCUT2D eigenvalue weighted by Gasteiger charge is -2.10. The van der Waals surface area contributed by atoms with E-state index < -0.39 is 0 Å². The Kier molecular flexibility index (Phi) is 3.64. The maximum absolute atomic E-state index is 12.2. The Morgan fingerprint density at radius 2 is 1.92 bits per heavy atom. The number of hydrogen-bond acceptors (Lipinski definition) is 4. The SMILES string of the molecule is N#Cc1ccccc1CNc1ccc2c(=O)[nH]c3ncccc3c2c1. The van der Waals surface area contributed by atoms with Gasteiger partial charge in [-0.15, -0.1) is 0 Å². The van der Waals surface area contributed by atoms with Crippen molar-refractivity contribution < 1.29 is 0 Å². The molecule has 0 spiro atoms. The van der Waals surface area contributed by atoms with Crippen molar-refractivity contribution in [2.24, 2.45) is 0 Å². The summed E-state index contributed by atoms with van der Waals surface area (Å²) >= 11 is 0. The topological polar surface area (TPSA) is 81.6 Å². The summed E-state index contributed by atoms with van der Waals surface area (Å²) < 4.78 is 0. The van der Waals surface area contributed by atoms with Crippen LogP contribution in [0.5, 0.6) is 0 Å². The first-order valence-electron chi connectivity index (χ1n) is 7.89. The lowest BCUT2D eigenvalue weighted by atomic mass is 10.1. The fraction of sp³-hybridized carbons (Fsp3) is 0.0500. The molecular weight excluding hydrogens is 312 g/mol. The normalized spacial score (nSPS) is 10.7. The van der Waals surface area contributed by atoms with Gasteiger partial charge in [0.05, 0.1) is 11.6 Å². The number of anilines is 1. The van der Waals surface area contributed by atoms with Crippen molar-refractivity contribution in [3.8, 4) is 6.07 Å². The molecule has 0 aliphatic rings. The zero-order valence-corrected chi connectivity index (χ0v) is 13.3. The predicted octanol–water partition coefficient (Wildman–Crippen LogP) is 3.56. The van der Waals surface area contributed by atoms with Gasteiger partial charge in [0.1, 0.15) is 5.65 Å². The van der Waals surface area contributed by atoms with Gasteiger partial charge in [-0.25, -0.2) is 4.98 Å². The number of aromatic amines is 1. The zero-order chi connectivity index (χ0) is 17.2. The van der Waals surface area contributed by atoms with Crippen LogP contribution in [0.15, 0.2) is 65.6 Å². The number of H-pyrrole nitrogens is 1. The van der Waals surface area contributed by atoms with Crippen LogP contribution in [-0.4, -0.2) is 9.97 Å². The molecule has 4 aromatic rings. The van der Waals surface area contributed by atoms with Gasteiger partial charge in [-0.3, -0.25) is 4.79 Å². The largest absolute Gasteiger partial charge is 0.381 e. The minimum absolute atomic E-state index is 0.150. The summed E-state index contributed by atoms with van der Waals surface area (Å²) in [5, 5.41) is 14.9. The summed E-state index contributed by atoms with van der Waals surface area (Å²) in [6.45, 7) is 0.536. The van der Waals surface area contributed by atoms with E-state index in [4.69, 9.17) is 0 Å². The molecule has 0 aliphatic carbocycles. The van der Waals surface area contributed by atoms with Crippen LogP contribution < -0.4 is 10.9 Å². The second kappa shape index (κ2) is 6.10. The average Bonchev–Trinajstić information content (AvgIpc) is 2.66. The molecule has 0 aliphatic heterocycles. The third kappa shape index (κ3) is 2.70. The fourth-order valence-corrected chi connectivity index (χ4v) is 2.95. The molecule has 2 aromatic carbocycles. The number of nitrogens with zero attached hydrogens (tertiary/aromatic N) is 2. The number of benzene rings is 2. The van der Waals surface area contributed by atoms with Crippen LogP contribution in [0.2, 0.25) is 0 Å². The summed E-state index contributed by atoms with van der Waals surface area (Å²) in [7, 11) is 0. The number of nitriles is 1. The quantitative estimate of drug-likeness (QED) is 0.564. The van der Waals surface area contributed by atoms with E-state index in [0.29, 0.717) is 23.1 Å². The molecule has 4 rings (SSSR count). The molecule has 0 bridgehead atoms. The van der Waals surface area contributed by atoms with Crippen LogP contribution in [0.4, 0.5) is 5.69 Å². The van der Waals surface area contributed by atoms with Gasteiger partial charge in [0, 0.05) is 34.6 Å². The standard InChI is InChI=1S/C20H14N4O/c21-11-13-4-1-2-5-14(13)12-23-15-7-8-17-18(10-15)16-6-3-9-22-19(16)24-20(17)25/h1-10,23H,12H2,(H,22,24,25). The number of hydrogen-bond donors (Lipinski definition) is 2. The summed E-state index contributed by atoms with van der Waals surface area (Å²) in [4.78, 5) is 19.2. The third-order valence-electron chi connectivity index (χ3n) is 4.21. The maximum Gasteiger partial charge on any atom is 0.257 e. The Morgan fingerprint density at radius 3 is 2.80 bits per heavy atom. The Balaban J connectivity index is 1.75. The molecule has 2 heterocycles. The van der Waals surface area contributed by atoms with E-state index in [9.17, 15) is 10.1 Å². The van der Waals surface area contributed by atoms with Crippen molar-refractivity contribution in [2.75, 3.05) is 5.32 Å². The molecule has 120 valence electrons. The van der Waals surface area contributed by atoms with Crippen molar-refractivity contribution in [3.63, 3.8) is 0 Å². The van der Waals surface area contributed by atoms with Gasteiger partial charge in [0.15, 0.2) is 0 Å². The highest BCUT2D eigenvalue weighted by atomic mass is 16.1. The number of pyridine rings is 2. The number of aromatic nitrogens is 2. The van der Waals surface area contributed by atoms with Gasteiger partial charge < -0.3 is 10.3 Å². The molecule has 0 unspecified atom stereocenters. The van der Waals surface area contributed by atoms with E-state index in [2.05, 4.69) is 21.4 Å². The predicted molar refractivity (Wildman–Crippen MR) is 98.4 cm³/mol. The first-order chi connectivity index (χ1) is 12.3. The van der Waals surface area contributed by atoms with Crippen LogP contribution >= 0.6 is 0 Å². The summed E-state index contributed by atoms with van der Waals surface area (Å²) in [6, 6.07) is 19.1. The van der Waals surface area contributed by atoms with E-state index in [1.807, 2.05) is 42.5 Å². The van der Waals surface area contributed by atoms with Crippen molar-refractivity contribution in [3.05, 3.63) is 82.3 Å². The summed E-state index contributed by atoms with van der Waals surface area (Å²) in [6.07, 6.45) is 1.66. The highest BCUT2D eigenvalue weighted by Crippen LogP contribution is 2.23. The molecule has 0 saturated carbocycles. The summed E-state index contributed by atoms with van der Waals surface area (Å²) in [5.41, 5.74) is 2.90. The van der Waals surface area contributed by atoms with E-state index >= 15 is 0 Å². The lowest BCUT2D eigenvalue weighted by molar-refractivity contribution is 1.14. The van der Waals surface area contributed by atoms with E-state index in [1.165, 1.54) is 0 Å². The van der Waals surface area contributed by atoms with Crippen molar-refractivity contribution in [1.82, 2.24) is 9.97 Å². The smallest absolute Gasteiger partial charge is 0.257 e. The van der Waals surface area contributed by atoms with Gasteiger partial charge in [-0.1, -0.05) is 18.2 Å². The molecule has 25 heavy (non-hydrogen) atoms.